The van der Waals surface area contributed by atoms with Crippen LogP contribution >= 0.6 is 0 Å². The van der Waals surface area contributed by atoms with E-state index < -0.39 is 0 Å². The second kappa shape index (κ2) is 7.69. The van der Waals surface area contributed by atoms with E-state index in [1.807, 2.05) is 31.2 Å². The van der Waals surface area contributed by atoms with Crippen LogP contribution in [0.25, 0.3) is 5.69 Å². The van der Waals surface area contributed by atoms with Gasteiger partial charge < -0.3 is 14.8 Å². The molecule has 1 heterocycles. The quantitative estimate of drug-likeness (QED) is 0.738. The number of methoxy groups -OCH3 is 2. The van der Waals surface area contributed by atoms with Crippen molar-refractivity contribution in [3.05, 3.63) is 66.2 Å². The van der Waals surface area contributed by atoms with Crippen LogP contribution < -0.4 is 14.8 Å². The summed E-state index contributed by atoms with van der Waals surface area (Å²) in [6, 6.07) is 12.8. The molecule has 0 saturated carbocycles. The highest BCUT2D eigenvalue weighted by Crippen LogP contribution is 2.31. The fourth-order valence-electron chi connectivity index (χ4n) is 2.68. The van der Waals surface area contributed by atoms with Gasteiger partial charge in [-0.3, -0.25) is 4.79 Å². The minimum Gasteiger partial charge on any atom is -0.493 e. The van der Waals surface area contributed by atoms with E-state index in [9.17, 15) is 4.79 Å². The van der Waals surface area contributed by atoms with Crippen molar-refractivity contribution < 1.29 is 14.3 Å². The van der Waals surface area contributed by atoms with Gasteiger partial charge in [0.25, 0.3) is 5.91 Å². The van der Waals surface area contributed by atoms with Crippen LogP contribution in [0.15, 0.2) is 55.1 Å². The molecule has 3 aromatic rings. The summed E-state index contributed by atoms with van der Waals surface area (Å²) in [4.78, 5) is 16.6. The molecule has 7 nitrogen and oxygen atoms in total. The number of amides is 1. The second-order valence-corrected chi connectivity index (χ2v) is 5.67. The molecule has 0 radical (unpaired) electrons. The van der Waals surface area contributed by atoms with Gasteiger partial charge in [-0.25, -0.2) is 9.67 Å². The number of ether oxygens (including phenoxy) is 2. The van der Waals surface area contributed by atoms with E-state index in [0.717, 1.165) is 11.3 Å². The predicted octanol–water partition coefficient (Wildman–Crippen LogP) is 2.78. The summed E-state index contributed by atoms with van der Waals surface area (Å²) in [5.41, 5.74) is 2.31. The monoisotopic (exact) mass is 352 g/mol. The van der Waals surface area contributed by atoms with E-state index in [-0.39, 0.29) is 11.9 Å². The topological polar surface area (TPSA) is 78.3 Å². The average molecular weight is 352 g/mol. The van der Waals surface area contributed by atoms with Gasteiger partial charge in [-0.2, -0.15) is 5.10 Å². The maximum absolute atomic E-state index is 12.7. The standard InChI is InChI=1S/C19H20N4O3/c1-13(14-7-9-15(10-8-14)23-12-20-11-21-23)22-19(24)16-5-4-6-17(25-2)18(16)26-3/h4-13H,1-3H3,(H,22,24). The minimum absolute atomic E-state index is 0.178. The molecule has 134 valence electrons. The number of carbonyl (C=O) groups is 1. The molecule has 26 heavy (non-hydrogen) atoms. The van der Waals surface area contributed by atoms with Gasteiger partial charge in [-0.1, -0.05) is 18.2 Å². The Labute approximate surface area is 151 Å². The van der Waals surface area contributed by atoms with Gasteiger partial charge in [0.2, 0.25) is 0 Å². The van der Waals surface area contributed by atoms with E-state index in [2.05, 4.69) is 15.4 Å². The highest BCUT2D eigenvalue weighted by Gasteiger charge is 2.18. The Hall–Kier alpha value is -3.35. The van der Waals surface area contributed by atoms with E-state index in [0.29, 0.717) is 17.1 Å². The smallest absolute Gasteiger partial charge is 0.255 e. The molecule has 0 aliphatic heterocycles. The van der Waals surface area contributed by atoms with Gasteiger partial charge in [-0.15, -0.1) is 0 Å². The number of aromatic nitrogens is 3. The SMILES string of the molecule is COc1cccc(C(=O)NC(C)c2ccc(-n3cncn3)cc2)c1OC. The van der Waals surface area contributed by atoms with E-state index in [1.165, 1.54) is 13.4 Å². The molecule has 0 aliphatic carbocycles. The van der Waals surface area contributed by atoms with Crippen molar-refractivity contribution in [3.8, 4) is 17.2 Å². The zero-order valence-electron chi connectivity index (χ0n) is 14.8. The lowest BCUT2D eigenvalue weighted by atomic mass is 10.1. The molecule has 1 N–H and O–H groups in total. The number of para-hydroxylation sites is 1. The van der Waals surface area contributed by atoms with Crippen LogP contribution in [0.1, 0.15) is 28.9 Å². The Kier molecular flexibility index (Phi) is 5.17. The Morgan fingerprint density at radius 1 is 1.12 bits per heavy atom. The Bertz CT molecular complexity index is 876. The lowest BCUT2D eigenvalue weighted by Crippen LogP contribution is -2.27. The third-order valence-electron chi connectivity index (χ3n) is 4.07. The number of nitrogens with zero attached hydrogens (tertiary/aromatic N) is 3. The molecule has 7 heteroatoms. The van der Waals surface area contributed by atoms with Crippen LogP contribution in [0.5, 0.6) is 11.5 Å². The third-order valence-corrected chi connectivity index (χ3v) is 4.07. The lowest BCUT2D eigenvalue weighted by molar-refractivity contribution is 0.0936. The maximum atomic E-state index is 12.7. The number of rotatable bonds is 6. The van der Waals surface area contributed by atoms with Crippen molar-refractivity contribution in [2.24, 2.45) is 0 Å². The predicted molar refractivity (Wildman–Crippen MR) is 96.8 cm³/mol. The van der Waals surface area contributed by atoms with Gasteiger partial charge in [0.05, 0.1) is 31.5 Å². The summed E-state index contributed by atoms with van der Waals surface area (Å²) in [5.74, 6) is 0.708. The number of carbonyl (C=O) groups excluding carboxylic acids is 1. The summed E-state index contributed by atoms with van der Waals surface area (Å²) in [7, 11) is 3.06. The zero-order valence-corrected chi connectivity index (χ0v) is 14.8. The van der Waals surface area contributed by atoms with Crippen LogP contribution in [0.4, 0.5) is 0 Å². The van der Waals surface area contributed by atoms with Crippen LogP contribution in [-0.2, 0) is 0 Å². The molecule has 3 rings (SSSR count). The normalized spacial score (nSPS) is 11.7. The molecule has 1 unspecified atom stereocenters. The van der Waals surface area contributed by atoms with Crippen molar-refractivity contribution in [1.82, 2.24) is 20.1 Å². The van der Waals surface area contributed by atoms with Crippen molar-refractivity contribution >= 4 is 5.91 Å². The largest absolute Gasteiger partial charge is 0.493 e. The fourth-order valence-corrected chi connectivity index (χ4v) is 2.68. The Morgan fingerprint density at radius 2 is 1.88 bits per heavy atom. The first kappa shape index (κ1) is 17.5. The molecule has 0 spiro atoms. The van der Waals surface area contributed by atoms with E-state index in [4.69, 9.17) is 9.47 Å². The summed E-state index contributed by atoms with van der Waals surface area (Å²) < 4.78 is 12.3. The molecule has 0 bridgehead atoms. The second-order valence-electron chi connectivity index (χ2n) is 5.67. The lowest BCUT2D eigenvalue weighted by Gasteiger charge is -2.17. The molecular formula is C19H20N4O3. The third kappa shape index (κ3) is 3.51. The van der Waals surface area contributed by atoms with Crippen LogP contribution in [0.3, 0.4) is 0 Å². The Balaban J connectivity index is 1.75. The van der Waals surface area contributed by atoms with Crippen LogP contribution in [0.2, 0.25) is 0 Å². The molecule has 2 aromatic carbocycles. The van der Waals surface area contributed by atoms with Gasteiger partial charge in [-0.05, 0) is 36.8 Å². The average Bonchev–Trinajstić information content (AvgIpc) is 3.22. The Morgan fingerprint density at radius 3 is 2.50 bits per heavy atom. The van der Waals surface area contributed by atoms with Crippen molar-refractivity contribution in [2.75, 3.05) is 14.2 Å². The molecule has 1 aromatic heterocycles. The van der Waals surface area contributed by atoms with Gasteiger partial charge >= 0.3 is 0 Å². The number of nitrogens with one attached hydrogen (secondary N) is 1. The van der Waals surface area contributed by atoms with Crippen molar-refractivity contribution in [2.45, 2.75) is 13.0 Å². The van der Waals surface area contributed by atoms with Crippen LogP contribution in [-0.4, -0.2) is 34.9 Å². The number of benzene rings is 2. The molecule has 0 aliphatic rings. The summed E-state index contributed by atoms with van der Waals surface area (Å²) in [5, 5.41) is 7.08. The molecular weight excluding hydrogens is 332 g/mol. The molecule has 0 fully saturated rings. The molecule has 1 amide bonds. The summed E-state index contributed by atoms with van der Waals surface area (Å²) in [6.45, 7) is 1.93. The molecule has 0 saturated heterocycles. The van der Waals surface area contributed by atoms with Gasteiger partial charge in [0.1, 0.15) is 12.7 Å². The van der Waals surface area contributed by atoms with Gasteiger partial charge in [0, 0.05) is 0 Å². The van der Waals surface area contributed by atoms with Crippen molar-refractivity contribution in [1.29, 1.82) is 0 Å². The molecule has 1 atom stereocenters. The highest BCUT2D eigenvalue weighted by atomic mass is 16.5. The number of hydrogen-bond acceptors (Lipinski definition) is 5. The zero-order chi connectivity index (χ0) is 18.5. The summed E-state index contributed by atoms with van der Waals surface area (Å²) in [6.07, 6.45) is 3.12. The van der Waals surface area contributed by atoms with Crippen LogP contribution in [0, 0.1) is 0 Å². The van der Waals surface area contributed by atoms with Crippen molar-refractivity contribution in [3.63, 3.8) is 0 Å². The highest BCUT2D eigenvalue weighted by molar-refractivity contribution is 5.98. The van der Waals surface area contributed by atoms with E-state index in [1.54, 1.807) is 36.3 Å². The first-order chi connectivity index (χ1) is 12.6. The number of hydrogen-bond donors (Lipinski definition) is 1. The first-order valence-electron chi connectivity index (χ1n) is 8.11. The van der Waals surface area contributed by atoms with Gasteiger partial charge in [0.15, 0.2) is 11.5 Å². The maximum Gasteiger partial charge on any atom is 0.255 e. The first-order valence-corrected chi connectivity index (χ1v) is 8.11. The minimum atomic E-state index is -0.228. The summed E-state index contributed by atoms with van der Waals surface area (Å²) >= 11 is 0. The van der Waals surface area contributed by atoms with E-state index >= 15 is 0 Å². The fraction of sp³-hybridized carbons (Fsp3) is 0.211.